The average Bonchev–Trinajstić information content (AvgIpc) is 2.98. The van der Waals surface area contributed by atoms with Crippen molar-refractivity contribution < 1.29 is 4.92 Å². The van der Waals surface area contributed by atoms with Crippen molar-refractivity contribution in [3.63, 3.8) is 0 Å². The first-order chi connectivity index (χ1) is 8.27. The number of hydrogen-bond acceptors (Lipinski definition) is 3. The molecule has 1 aromatic carbocycles. The smallest absolute Gasteiger partial charge is 0.272 e. The van der Waals surface area contributed by atoms with Crippen LogP contribution in [0.25, 0.3) is 0 Å². The largest absolute Gasteiger partial charge is 0.310 e. The molecular weight excluding hydrogens is 216 g/mol. The van der Waals surface area contributed by atoms with Crippen LogP contribution in [0.5, 0.6) is 0 Å². The highest BCUT2D eigenvalue weighted by Gasteiger charge is 2.28. The molecular formula is C13H16N2O2. The van der Waals surface area contributed by atoms with Crippen molar-refractivity contribution in [2.24, 2.45) is 0 Å². The fraction of sp³-hybridized carbons (Fsp3) is 0.538. The Balaban J connectivity index is 2.07. The summed E-state index contributed by atoms with van der Waals surface area (Å²) in [5.74, 6) is 0. The van der Waals surface area contributed by atoms with Gasteiger partial charge in [0.1, 0.15) is 0 Å². The van der Waals surface area contributed by atoms with Crippen molar-refractivity contribution in [1.29, 1.82) is 0 Å². The van der Waals surface area contributed by atoms with E-state index in [4.69, 9.17) is 0 Å². The van der Waals surface area contributed by atoms with Crippen molar-refractivity contribution in [2.75, 3.05) is 6.54 Å². The van der Waals surface area contributed by atoms with Crippen LogP contribution in [0.15, 0.2) is 12.1 Å². The third kappa shape index (κ3) is 1.72. The zero-order chi connectivity index (χ0) is 11.8. The van der Waals surface area contributed by atoms with Gasteiger partial charge < -0.3 is 5.32 Å². The van der Waals surface area contributed by atoms with Crippen LogP contribution in [-0.4, -0.2) is 11.5 Å². The van der Waals surface area contributed by atoms with E-state index in [0.717, 1.165) is 37.8 Å². The second kappa shape index (κ2) is 4.11. The van der Waals surface area contributed by atoms with Crippen LogP contribution < -0.4 is 5.32 Å². The van der Waals surface area contributed by atoms with E-state index in [-0.39, 0.29) is 4.92 Å². The van der Waals surface area contributed by atoms with Gasteiger partial charge in [0, 0.05) is 17.7 Å². The second-order valence-corrected chi connectivity index (χ2v) is 4.89. The molecule has 17 heavy (non-hydrogen) atoms. The summed E-state index contributed by atoms with van der Waals surface area (Å²) in [7, 11) is 0. The summed E-state index contributed by atoms with van der Waals surface area (Å²) in [6.07, 6.45) is 5.29. The van der Waals surface area contributed by atoms with Gasteiger partial charge in [-0.1, -0.05) is 6.07 Å². The Kier molecular flexibility index (Phi) is 2.59. The topological polar surface area (TPSA) is 55.2 Å². The Hall–Kier alpha value is -1.42. The molecule has 0 saturated carbocycles. The van der Waals surface area contributed by atoms with Gasteiger partial charge in [-0.25, -0.2) is 0 Å². The Morgan fingerprint density at radius 1 is 1.24 bits per heavy atom. The third-order valence-corrected chi connectivity index (χ3v) is 3.93. The summed E-state index contributed by atoms with van der Waals surface area (Å²) in [4.78, 5) is 10.7. The molecule has 1 aliphatic carbocycles. The normalized spacial score (nSPS) is 22.7. The summed E-state index contributed by atoms with van der Waals surface area (Å²) >= 11 is 0. The van der Waals surface area contributed by atoms with E-state index in [1.54, 1.807) is 6.07 Å². The molecule has 0 amide bonds. The van der Waals surface area contributed by atoms with Gasteiger partial charge in [-0.2, -0.15) is 0 Å². The van der Waals surface area contributed by atoms with Crippen LogP contribution in [0, 0.1) is 10.1 Å². The Bertz CT molecular complexity index is 465. The lowest BCUT2D eigenvalue weighted by molar-refractivity contribution is -0.385. The lowest BCUT2D eigenvalue weighted by Crippen LogP contribution is -2.15. The molecule has 1 heterocycles. The first-order valence-corrected chi connectivity index (χ1v) is 6.30. The number of hydrogen-bond donors (Lipinski definition) is 1. The van der Waals surface area contributed by atoms with Gasteiger partial charge in [0.05, 0.1) is 4.92 Å². The quantitative estimate of drug-likeness (QED) is 0.629. The molecule has 3 rings (SSSR count). The molecule has 0 spiro atoms. The van der Waals surface area contributed by atoms with Gasteiger partial charge in [-0.05, 0) is 49.8 Å². The van der Waals surface area contributed by atoms with Crippen LogP contribution >= 0.6 is 0 Å². The van der Waals surface area contributed by atoms with E-state index in [2.05, 4.69) is 5.32 Å². The van der Waals surface area contributed by atoms with Gasteiger partial charge >= 0.3 is 0 Å². The molecule has 4 heteroatoms. The molecule has 1 atom stereocenters. The van der Waals surface area contributed by atoms with E-state index < -0.39 is 0 Å². The maximum atomic E-state index is 11.0. The number of nitrogens with zero attached hydrogens (tertiary/aromatic N) is 1. The van der Waals surface area contributed by atoms with Gasteiger partial charge in [0.2, 0.25) is 0 Å². The SMILES string of the molecule is O=[N+]([O-])c1ccc([C@H]2CCCN2)c2c1CCC2. The van der Waals surface area contributed by atoms with Crippen molar-refractivity contribution in [3.05, 3.63) is 38.9 Å². The number of benzene rings is 1. The van der Waals surface area contributed by atoms with Crippen molar-refractivity contribution in [3.8, 4) is 0 Å². The Labute approximate surface area is 100 Å². The van der Waals surface area contributed by atoms with Gasteiger partial charge in [0.15, 0.2) is 0 Å². The zero-order valence-electron chi connectivity index (χ0n) is 9.74. The van der Waals surface area contributed by atoms with Gasteiger partial charge in [-0.15, -0.1) is 0 Å². The molecule has 1 saturated heterocycles. The van der Waals surface area contributed by atoms with Crippen LogP contribution in [0.2, 0.25) is 0 Å². The lowest BCUT2D eigenvalue weighted by Gasteiger charge is -2.15. The molecule has 0 radical (unpaired) electrons. The van der Waals surface area contributed by atoms with Gasteiger partial charge in [-0.3, -0.25) is 10.1 Å². The lowest BCUT2D eigenvalue weighted by atomic mass is 9.95. The number of nitro benzene ring substituents is 1. The predicted molar refractivity (Wildman–Crippen MR) is 65.1 cm³/mol. The fourth-order valence-corrected chi connectivity index (χ4v) is 3.16. The predicted octanol–water partition coefficient (Wildman–Crippen LogP) is 2.51. The van der Waals surface area contributed by atoms with E-state index in [9.17, 15) is 10.1 Å². The van der Waals surface area contributed by atoms with E-state index in [1.165, 1.54) is 17.5 Å². The standard InChI is InChI=1S/C13H16N2O2/c16-15(17)13-7-6-10(12-5-2-8-14-12)9-3-1-4-11(9)13/h6-7,12,14H,1-5,8H2/t12-/m1/s1. The maximum absolute atomic E-state index is 11.0. The minimum absolute atomic E-state index is 0.240. The first-order valence-electron chi connectivity index (χ1n) is 6.30. The number of rotatable bonds is 2. The van der Waals surface area contributed by atoms with Crippen LogP contribution in [0.1, 0.15) is 42.0 Å². The minimum atomic E-state index is -0.240. The summed E-state index contributed by atoms with van der Waals surface area (Å²) in [6.45, 7) is 1.07. The molecule has 4 nitrogen and oxygen atoms in total. The average molecular weight is 232 g/mol. The molecule has 0 unspecified atom stereocenters. The fourth-order valence-electron chi connectivity index (χ4n) is 3.16. The first kappa shape index (κ1) is 10.7. The minimum Gasteiger partial charge on any atom is -0.310 e. The number of nitro groups is 1. The summed E-state index contributed by atoms with van der Waals surface area (Å²) in [5, 5.41) is 14.5. The highest BCUT2D eigenvalue weighted by atomic mass is 16.6. The highest BCUT2D eigenvalue weighted by Crippen LogP contribution is 2.37. The molecule has 90 valence electrons. The Morgan fingerprint density at radius 3 is 2.76 bits per heavy atom. The van der Waals surface area contributed by atoms with Crippen LogP contribution in [-0.2, 0) is 12.8 Å². The van der Waals surface area contributed by atoms with Crippen molar-refractivity contribution in [1.82, 2.24) is 5.32 Å². The molecule has 1 aromatic rings. The van der Waals surface area contributed by atoms with E-state index in [0.29, 0.717) is 11.7 Å². The third-order valence-electron chi connectivity index (χ3n) is 3.93. The summed E-state index contributed by atoms with van der Waals surface area (Å²) in [6, 6.07) is 4.08. The molecule has 0 bridgehead atoms. The molecule has 1 N–H and O–H groups in total. The highest BCUT2D eigenvalue weighted by molar-refractivity contribution is 5.52. The van der Waals surface area contributed by atoms with E-state index in [1.807, 2.05) is 6.07 Å². The number of nitrogens with one attached hydrogen (secondary N) is 1. The molecule has 1 fully saturated rings. The van der Waals surface area contributed by atoms with Crippen LogP contribution in [0.4, 0.5) is 5.69 Å². The summed E-state index contributed by atoms with van der Waals surface area (Å²) in [5.41, 5.74) is 3.86. The van der Waals surface area contributed by atoms with E-state index >= 15 is 0 Å². The van der Waals surface area contributed by atoms with Crippen molar-refractivity contribution in [2.45, 2.75) is 38.1 Å². The monoisotopic (exact) mass is 232 g/mol. The second-order valence-electron chi connectivity index (χ2n) is 4.89. The molecule has 2 aliphatic rings. The molecule has 1 aliphatic heterocycles. The number of fused-ring (bicyclic) bond motifs is 1. The zero-order valence-corrected chi connectivity index (χ0v) is 9.74. The molecule has 0 aromatic heterocycles. The van der Waals surface area contributed by atoms with Gasteiger partial charge in [0.25, 0.3) is 5.69 Å². The van der Waals surface area contributed by atoms with Crippen molar-refractivity contribution >= 4 is 5.69 Å². The van der Waals surface area contributed by atoms with Crippen LogP contribution in [0.3, 0.4) is 0 Å². The maximum Gasteiger partial charge on any atom is 0.272 e. The Morgan fingerprint density at radius 2 is 2.06 bits per heavy atom. The summed E-state index contributed by atoms with van der Waals surface area (Å²) < 4.78 is 0.